The summed E-state index contributed by atoms with van der Waals surface area (Å²) in [6.45, 7) is 2.75. The van der Waals surface area contributed by atoms with Gasteiger partial charge >= 0.3 is 0 Å². The molecule has 2 N–H and O–H groups in total. The second kappa shape index (κ2) is 9.14. The standard InChI is InChI=1S/C22H24N4O3/c1-16-6-5-9-18-21(16)24-15-26(22(18)29)13-11-20(28)25(12-10-19(23)27)14-17-7-3-2-4-8-17/h2-9,15H,10-14H2,1H3,(H2,23,27). The highest BCUT2D eigenvalue weighted by molar-refractivity contribution is 5.80. The van der Waals surface area contributed by atoms with Crippen LogP contribution >= 0.6 is 0 Å². The SMILES string of the molecule is Cc1cccc2c(=O)n(CCC(=O)N(CCC(N)=O)Cc3ccccc3)cnc12. The highest BCUT2D eigenvalue weighted by Crippen LogP contribution is 2.12. The third-order valence-electron chi connectivity index (χ3n) is 4.82. The minimum Gasteiger partial charge on any atom is -0.370 e. The van der Waals surface area contributed by atoms with Crippen LogP contribution in [0.5, 0.6) is 0 Å². The Morgan fingerprint density at radius 2 is 1.83 bits per heavy atom. The molecule has 29 heavy (non-hydrogen) atoms. The van der Waals surface area contributed by atoms with Crippen molar-refractivity contribution in [3.8, 4) is 0 Å². The van der Waals surface area contributed by atoms with Crippen molar-refractivity contribution < 1.29 is 9.59 Å². The number of amides is 2. The molecule has 2 amide bonds. The van der Waals surface area contributed by atoms with E-state index in [1.54, 1.807) is 11.0 Å². The number of hydrogen-bond acceptors (Lipinski definition) is 4. The maximum absolute atomic E-state index is 12.8. The van der Waals surface area contributed by atoms with Gasteiger partial charge in [0.05, 0.1) is 17.2 Å². The highest BCUT2D eigenvalue weighted by atomic mass is 16.2. The summed E-state index contributed by atoms with van der Waals surface area (Å²) in [5.74, 6) is -0.604. The smallest absolute Gasteiger partial charge is 0.261 e. The Kier molecular flexibility index (Phi) is 6.39. The molecular formula is C22H24N4O3. The third-order valence-corrected chi connectivity index (χ3v) is 4.82. The molecule has 2 aromatic carbocycles. The van der Waals surface area contributed by atoms with Gasteiger partial charge in [-0.2, -0.15) is 0 Å². The van der Waals surface area contributed by atoms with Crippen LogP contribution in [0, 0.1) is 6.92 Å². The zero-order valence-corrected chi connectivity index (χ0v) is 16.4. The van der Waals surface area contributed by atoms with Gasteiger partial charge in [-0.15, -0.1) is 0 Å². The summed E-state index contributed by atoms with van der Waals surface area (Å²) in [5.41, 5.74) is 7.66. The predicted octanol–water partition coefficient (Wildman–Crippen LogP) is 2.00. The Hall–Kier alpha value is -3.48. The molecular weight excluding hydrogens is 368 g/mol. The molecule has 7 nitrogen and oxygen atoms in total. The lowest BCUT2D eigenvalue weighted by Gasteiger charge is -2.22. The quantitative estimate of drug-likeness (QED) is 0.634. The second-order valence-electron chi connectivity index (χ2n) is 6.98. The molecule has 0 saturated heterocycles. The van der Waals surface area contributed by atoms with Gasteiger partial charge in [-0.05, 0) is 24.1 Å². The predicted molar refractivity (Wildman–Crippen MR) is 111 cm³/mol. The van der Waals surface area contributed by atoms with Gasteiger partial charge in [0.2, 0.25) is 11.8 Å². The number of aryl methyl sites for hydroxylation is 2. The van der Waals surface area contributed by atoms with Gasteiger partial charge in [-0.25, -0.2) is 4.98 Å². The van der Waals surface area contributed by atoms with Gasteiger partial charge in [0.15, 0.2) is 0 Å². The first-order chi connectivity index (χ1) is 14.0. The fourth-order valence-electron chi connectivity index (χ4n) is 3.21. The average Bonchev–Trinajstić information content (AvgIpc) is 2.71. The first kappa shape index (κ1) is 20.3. The number of para-hydroxylation sites is 1. The molecule has 7 heteroatoms. The summed E-state index contributed by atoms with van der Waals surface area (Å²) in [6.07, 6.45) is 1.70. The maximum atomic E-state index is 12.8. The second-order valence-corrected chi connectivity index (χ2v) is 6.98. The highest BCUT2D eigenvalue weighted by Gasteiger charge is 2.16. The van der Waals surface area contributed by atoms with E-state index in [1.165, 1.54) is 10.9 Å². The lowest BCUT2D eigenvalue weighted by atomic mass is 10.1. The molecule has 1 heterocycles. The number of carbonyl (C=O) groups excluding carboxylic acids is 2. The summed E-state index contributed by atoms with van der Waals surface area (Å²) in [6, 6.07) is 15.0. The van der Waals surface area contributed by atoms with Crippen LogP contribution in [0.1, 0.15) is 24.0 Å². The van der Waals surface area contributed by atoms with Crippen LogP contribution in [0.25, 0.3) is 10.9 Å². The van der Waals surface area contributed by atoms with Crippen LogP contribution < -0.4 is 11.3 Å². The summed E-state index contributed by atoms with van der Waals surface area (Å²) in [5, 5.41) is 0.537. The number of fused-ring (bicyclic) bond motifs is 1. The number of hydrogen-bond donors (Lipinski definition) is 1. The van der Waals surface area contributed by atoms with E-state index in [2.05, 4.69) is 4.98 Å². The molecule has 0 aliphatic heterocycles. The number of carbonyl (C=O) groups is 2. The van der Waals surface area contributed by atoms with Crippen LogP contribution in [0.2, 0.25) is 0 Å². The van der Waals surface area contributed by atoms with Crippen LogP contribution in [-0.2, 0) is 22.7 Å². The first-order valence-corrected chi connectivity index (χ1v) is 9.50. The number of nitrogens with two attached hydrogens (primary N) is 1. The molecule has 0 saturated carbocycles. The molecule has 1 aromatic heterocycles. The summed E-state index contributed by atoms with van der Waals surface area (Å²) in [7, 11) is 0. The van der Waals surface area contributed by atoms with E-state index in [0.717, 1.165) is 11.1 Å². The van der Waals surface area contributed by atoms with E-state index in [0.29, 0.717) is 17.4 Å². The molecule has 0 unspecified atom stereocenters. The molecule has 3 rings (SSSR count). The minimum atomic E-state index is -0.457. The van der Waals surface area contributed by atoms with Crippen molar-refractivity contribution in [2.45, 2.75) is 32.9 Å². The van der Waals surface area contributed by atoms with Gasteiger partial charge in [0.25, 0.3) is 5.56 Å². The van der Waals surface area contributed by atoms with Crippen molar-refractivity contribution in [3.05, 3.63) is 76.3 Å². The van der Waals surface area contributed by atoms with Crippen molar-refractivity contribution in [1.82, 2.24) is 14.5 Å². The molecule has 0 spiro atoms. The fraction of sp³-hybridized carbons (Fsp3) is 0.273. The van der Waals surface area contributed by atoms with Crippen molar-refractivity contribution in [3.63, 3.8) is 0 Å². The van der Waals surface area contributed by atoms with E-state index in [9.17, 15) is 14.4 Å². The average molecular weight is 392 g/mol. The van der Waals surface area contributed by atoms with E-state index in [-0.39, 0.29) is 37.4 Å². The van der Waals surface area contributed by atoms with E-state index in [1.807, 2.05) is 49.4 Å². The van der Waals surface area contributed by atoms with Crippen molar-refractivity contribution >= 4 is 22.7 Å². The Labute approximate surface area is 168 Å². The molecule has 0 radical (unpaired) electrons. The Morgan fingerprint density at radius 3 is 2.55 bits per heavy atom. The zero-order valence-electron chi connectivity index (χ0n) is 16.4. The molecule has 150 valence electrons. The van der Waals surface area contributed by atoms with Gasteiger partial charge in [0, 0.05) is 32.5 Å². The number of benzene rings is 2. The van der Waals surface area contributed by atoms with Gasteiger partial charge in [-0.1, -0.05) is 42.5 Å². The summed E-state index contributed by atoms with van der Waals surface area (Å²) in [4.78, 5) is 42.7. The minimum absolute atomic E-state index is 0.0926. The Bertz CT molecular complexity index is 1080. The molecule has 0 fully saturated rings. The molecule has 0 aliphatic rings. The van der Waals surface area contributed by atoms with Crippen molar-refractivity contribution in [2.24, 2.45) is 5.73 Å². The largest absolute Gasteiger partial charge is 0.370 e. The Morgan fingerprint density at radius 1 is 1.07 bits per heavy atom. The van der Waals surface area contributed by atoms with E-state index < -0.39 is 5.91 Å². The zero-order chi connectivity index (χ0) is 20.8. The van der Waals surface area contributed by atoms with Gasteiger partial charge in [-0.3, -0.25) is 19.0 Å². The molecule has 0 aliphatic carbocycles. The van der Waals surface area contributed by atoms with Gasteiger partial charge < -0.3 is 10.6 Å². The van der Waals surface area contributed by atoms with Crippen LogP contribution in [-0.4, -0.2) is 32.8 Å². The number of rotatable bonds is 8. The first-order valence-electron chi connectivity index (χ1n) is 9.50. The van der Waals surface area contributed by atoms with Crippen LogP contribution in [0.15, 0.2) is 59.7 Å². The summed E-state index contributed by atoms with van der Waals surface area (Å²) >= 11 is 0. The van der Waals surface area contributed by atoms with Crippen LogP contribution in [0.3, 0.4) is 0 Å². The van der Waals surface area contributed by atoms with E-state index in [4.69, 9.17) is 5.73 Å². The third kappa shape index (κ3) is 5.07. The topological polar surface area (TPSA) is 98.3 Å². The lowest BCUT2D eigenvalue weighted by molar-refractivity contribution is -0.132. The summed E-state index contributed by atoms with van der Waals surface area (Å²) < 4.78 is 1.45. The van der Waals surface area contributed by atoms with E-state index >= 15 is 0 Å². The molecule has 3 aromatic rings. The van der Waals surface area contributed by atoms with Crippen LogP contribution in [0.4, 0.5) is 0 Å². The number of nitrogens with zero attached hydrogens (tertiary/aromatic N) is 3. The van der Waals surface area contributed by atoms with Crippen molar-refractivity contribution in [1.29, 1.82) is 0 Å². The van der Waals surface area contributed by atoms with Crippen molar-refractivity contribution in [2.75, 3.05) is 6.54 Å². The normalized spacial score (nSPS) is 10.8. The lowest BCUT2D eigenvalue weighted by Crippen LogP contribution is -2.35. The maximum Gasteiger partial charge on any atom is 0.261 e. The Balaban J connectivity index is 1.74. The molecule has 0 atom stereocenters. The van der Waals surface area contributed by atoms with Gasteiger partial charge in [0.1, 0.15) is 0 Å². The monoisotopic (exact) mass is 392 g/mol. The number of aromatic nitrogens is 2. The number of primary amides is 1. The molecule has 0 bridgehead atoms. The fourth-order valence-corrected chi connectivity index (χ4v) is 3.21.